The number of anilines is 1. The van der Waals surface area contributed by atoms with Gasteiger partial charge in [-0.15, -0.1) is 0 Å². The second-order valence-corrected chi connectivity index (χ2v) is 13.8. The molecule has 4 aromatic carbocycles. The Balaban J connectivity index is 1.81. The van der Waals surface area contributed by atoms with Gasteiger partial charge in [0.2, 0.25) is 11.8 Å². The second-order valence-electron chi connectivity index (χ2n) is 10.6. The van der Waals surface area contributed by atoms with Crippen LogP contribution in [0.5, 0.6) is 5.75 Å². The van der Waals surface area contributed by atoms with Crippen LogP contribution >= 0.6 is 27.5 Å². The lowest BCUT2D eigenvalue weighted by Gasteiger charge is -2.34. The number of carbonyl (C=O) groups is 2. The zero-order chi connectivity index (χ0) is 33.1. The first-order valence-electron chi connectivity index (χ1n) is 14.9. The smallest absolute Gasteiger partial charge is 0.264 e. The molecule has 2 amide bonds. The van der Waals surface area contributed by atoms with Crippen molar-refractivity contribution in [3.63, 3.8) is 0 Å². The quantitative estimate of drug-likeness (QED) is 0.135. The van der Waals surface area contributed by atoms with Crippen molar-refractivity contribution in [2.24, 2.45) is 0 Å². The van der Waals surface area contributed by atoms with Crippen molar-refractivity contribution in [1.29, 1.82) is 0 Å². The molecule has 0 aliphatic heterocycles. The third-order valence-corrected chi connectivity index (χ3v) is 9.95. The summed E-state index contributed by atoms with van der Waals surface area (Å²) in [6.07, 6.45) is 1.91. The van der Waals surface area contributed by atoms with Crippen molar-refractivity contribution in [3.05, 3.63) is 124 Å². The normalized spacial score (nSPS) is 11.8. The summed E-state index contributed by atoms with van der Waals surface area (Å²) in [6, 6.07) is 28.4. The Kier molecular flexibility index (Phi) is 12.7. The minimum atomic E-state index is -4.24. The number of amides is 2. The number of unbranched alkanes of at least 4 members (excludes halogenated alkanes) is 1. The Bertz CT molecular complexity index is 1720. The molecule has 1 N–H and O–H groups in total. The molecular formula is C35H37BrClN3O5S. The van der Waals surface area contributed by atoms with Crippen LogP contribution in [-0.2, 0) is 32.6 Å². The number of rotatable bonds is 15. The first-order chi connectivity index (χ1) is 22.1. The minimum Gasteiger partial charge on any atom is -0.495 e. The molecule has 8 nitrogen and oxygen atoms in total. The van der Waals surface area contributed by atoms with E-state index in [1.165, 1.54) is 36.3 Å². The fourth-order valence-corrected chi connectivity index (χ4v) is 7.08. The topological polar surface area (TPSA) is 96.0 Å². The van der Waals surface area contributed by atoms with Crippen molar-refractivity contribution in [3.8, 4) is 5.75 Å². The number of nitrogens with one attached hydrogen (secondary N) is 1. The van der Waals surface area contributed by atoms with Gasteiger partial charge >= 0.3 is 0 Å². The molecule has 4 aromatic rings. The number of hydrogen-bond donors (Lipinski definition) is 1. The van der Waals surface area contributed by atoms with Crippen LogP contribution in [0.25, 0.3) is 0 Å². The first-order valence-corrected chi connectivity index (χ1v) is 17.5. The molecule has 46 heavy (non-hydrogen) atoms. The zero-order valence-electron chi connectivity index (χ0n) is 25.7. The molecule has 0 saturated carbocycles. The van der Waals surface area contributed by atoms with E-state index < -0.39 is 28.5 Å². The Hall–Kier alpha value is -3.86. The van der Waals surface area contributed by atoms with Crippen LogP contribution in [0.1, 0.15) is 30.9 Å². The van der Waals surface area contributed by atoms with Gasteiger partial charge in [-0.25, -0.2) is 8.42 Å². The Labute approximate surface area is 284 Å². The molecule has 0 aromatic heterocycles. The summed E-state index contributed by atoms with van der Waals surface area (Å²) >= 11 is 9.93. The monoisotopic (exact) mass is 725 g/mol. The van der Waals surface area contributed by atoms with E-state index >= 15 is 0 Å². The highest BCUT2D eigenvalue weighted by atomic mass is 79.9. The summed E-state index contributed by atoms with van der Waals surface area (Å²) in [5.74, 6) is -0.514. The molecule has 0 bridgehead atoms. The van der Waals surface area contributed by atoms with Gasteiger partial charge in [0.1, 0.15) is 18.3 Å². The summed E-state index contributed by atoms with van der Waals surface area (Å²) in [7, 11) is -2.78. The van der Waals surface area contributed by atoms with Gasteiger partial charge < -0.3 is 15.0 Å². The van der Waals surface area contributed by atoms with Crippen molar-refractivity contribution < 1.29 is 22.7 Å². The summed E-state index contributed by atoms with van der Waals surface area (Å²) in [5.41, 5.74) is 1.81. The van der Waals surface area contributed by atoms with E-state index in [-0.39, 0.29) is 34.5 Å². The van der Waals surface area contributed by atoms with Crippen molar-refractivity contribution in [2.75, 3.05) is 24.5 Å². The summed E-state index contributed by atoms with van der Waals surface area (Å²) in [6.45, 7) is 1.98. The third kappa shape index (κ3) is 9.11. The maximum Gasteiger partial charge on any atom is 0.264 e. The van der Waals surface area contributed by atoms with E-state index in [1.54, 1.807) is 24.3 Å². The number of carbonyl (C=O) groups excluding carboxylic acids is 2. The van der Waals surface area contributed by atoms with Gasteiger partial charge in [-0.3, -0.25) is 13.9 Å². The van der Waals surface area contributed by atoms with E-state index in [0.717, 1.165) is 32.7 Å². The number of hydrogen-bond acceptors (Lipinski definition) is 5. The minimum absolute atomic E-state index is 0.00595. The molecule has 0 radical (unpaired) electrons. The highest BCUT2D eigenvalue weighted by Crippen LogP contribution is 2.32. The summed E-state index contributed by atoms with van der Waals surface area (Å²) in [5, 5.41) is 3.18. The van der Waals surface area contributed by atoms with Gasteiger partial charge in [0.15, 0.2) is 0 Å². The maximum atomic E-state index is 14.5. The molecule has 4 rings (SSSR count). The number of sulfonamides is 1. The third-order valence-electron chi connectivity index (χ3n) is 7.38. The van der Waals surface area contributed by atoms with Gasteiger partial charge in [-0.2, -0.15) is 0 Å². The molecule has 0 saturated heterocycles. The molecule has 0 fully saturated rings. The van der Waals surface area contributed by atoms with E-state index in [1.807, 2.05) is 61.5 Å². The highest BCUT2D eigenvalue weighted by Gasteiger charge is 2.34. The Morgan fingerprint density at radius 2 is 1.59 bits per heavy atom. The van der Waals surface area contributed by atoms with E-state index in [2.05, 4.69) is 21.2 Å². The van der Waals surface area contributed by atoms with Gasteiger partial charge in [0.05, 0.1) is 22.7 Å². The molecule has 0 heterocycles. The summed E-state index contributed by atoms with van der Waals surface area (Å²) in [4.78, 5) is 29.8. The van der Waals surface area contributed by atoms with Crippen molar-refractivity contribution in [1.82, 2.24) is 10.2 Å². The number of benzene rings is 4. The van der Waals surface area contributed by atoms with Crippen LogP contribution in [0.2, 0.25) is 5.02 Å². The molecule has 242 valence electrons. The highest BCUT2D eigenvalue weighted by molar-refractivity contribution is 9.10. The van der Waals surface area contributed by atoms with E-state index in [4.69, 9.17) is 16.3 Å². The van der Waals surface area contributed by atoms with E-state index in [0.29, 0.717) is 12.3 Å². The number of halogens is 2. The molecule has 0 aliphatic carbocycles. The standard InChI is InChI=1S/C35H37BrClN3O5S/c1-3-4-20-38-35(42)32(22-26-12-7-5-8-13-26)39(24-27-14-11-15-28(36)21-27)34(41)25-40(29-18-19-33(45-2)31(37)23-29)46(43,44)30-16-9-6-10-17-30/h5-19,21,23,32H,3-4,20,22,24-25H2,1-2H3,(H,38,42). The number of methoxy groups -OCH3 is 1. The Morgan fingerprint density at radius 1 is 0.913 bits per heavy atom. The zero-order valence-corrected chi connectivity index (χ0v) is 28.9. The lowest BCUT2D eigenvalue weighted by Crippen LogP contribution is -2.53. The predicted molar refractivity (Wildman–Crippen MR) is 186 cm³/mol. The van der Waals surface area contributed by atoms with Gasteiger partial charge in [-0.05, 0) is 60.0 Å². The van der Waals surface area contributed by atoms with Crippen LogP contribution in [-0.4, -0.2) is 51.4 Å². The molecular weight excluding hydrogens is 690 g/mol. The molecule has 11 heteroatoms. The molecule has 0 spiro atoms. The van der Waals surface area contributed by atoms with Crippen LogP contribution in [0, 0.1) is 0 Å². The van der Waals surface area contributed by atoms with Crippen LogP contribution in [0.15, 0.2) is 112 Å². The van der Waals surface area contributed by atoms with Crippen LogP contribution in [0.4, 0.5) is 5.69 Å². The SMILES string of the molecule is CCCCNC(=O)C(Cc1ccccc1)N(Cc1cccc(Br)c1)C(=O)CN(c1ccc(OC)c(Cl)c1)S(=O)(=O)c1ccccc1. The van der Waals surface area contributed by atoms with Gasteiger partial charge in [-0.1, -0.05) is 102 Å². The first kappa shape index (κ1) is 35.0. The fourth-order valence-electron chi connectivity index (χ4n) is 4.95. The number of nitrogens with zero attached hydrogens (tertiary/aromatic N) is 2. The van der Waals surface area contributed by atoms with Crippen molar-refractivity contribution >= 4 is 55.1 Å². The lowest BCUT2D eigenvalue weighted by molar-refractivity contribution is -0.140. The predicted octanol–water partition coefficient (Wildman–Crippen LogP) is 6.86. The fraction of sp³-hybridized carbons (Fsp3) is 0.257. The van der Waals surface area contributed by atoms with Gasteiger partial charge in [0, 0.05) is 24.0 Å². The molecule has 0 aliphatic rings. The average molecular weight is 727 g/mol. The number of ether oxygens (including phenoxy) is 1. The Morgan fingerprint density at radius 3 is 2.22 bits per heavy atom. The average Bonchev–Trinajstić information content (AvgIpc) is 3.06. The van der Waals surface area contributed by atoms with Gasteiger partial charge in [0.25, 0.3) is 10.0 Å². The second kappa shape index (κ2) is 16.6. The molecule has 1 atom stereocenters. The lowest BCUT2D eigenvalue weighted by atomic mass is 10.0. The van der Waals surface area contributed by atoms with Crippen LogP contribution < -0.4 is 14.4 Å². The maximum absolute atomic E-state index is 14.5. The van der Waals surface area contributed by atoms with Crippen LogP contribution in [0.3, 0.4) is 0 Å². The van der Waals surface area contributed by atoms with Crippen molar-refractivity contribution in [2.45, 2.75) is 43.7 Å². The largest absolute Gasteiger partial charge is 0.495 e. The molecule has 1 unspecified atom stereocenters. The van der Waals surface area contributed by atoms with E-state index in [9.17, 15) is 18.0 Å². The summed E-state index contributed by atoms with van der Waals surface area (Å²) < 4.78 is 35.4.